The summed E-state index contributed by atoms with van der Waals surface area (Å²) in [6.07, 6.45) is 1.39. The lowest BCUT2D eigenvalue weighted by molar-refractivity contribution is -0.136. The fourth-order valence-corrected chi connectivity index (χ4v) is 3.60. The largest absolute Gasteiger partial charge is 0.497 e. The van der Waals surface area contributed by atoms with E-state index < -0.39 is 5.97 Å². The van der Waals surface area contributed by atoms with Gasteiger partial charge in [0.1, 0.15) is 5.75 Å². The second kappa shape index (κ2) is 9.39. The molecule has 4 nitrogen and oxygen atoms in total. The third kappa shape index (κ3) is 4.84. The molecule has 0 saturated carbocycles. The topological polar surface area (TPSA) is 66.8 Å². The van der Waals surface area contributed by atoms with Gasteiger partial charge < -0.3 is 14.9 Å². The summed E-state index contributed by atoms with van der Waals surface area (Å²) in [4.78, 5) is 11.1. The van der Waals surface area contributed by atoms with Crippen LogP contribution < -0.4 is 4.74 Å². The van der Waals surface area contributed by atoms with Crippen molar-refractivity contribution in [3.05, 3.63) is 77.4 Å². The maximum atomic E-state index is 11.1. The first kappa shape index (κ1) is 20.6. The zero-order valence-electron chi connectivity index (χ0n) is 16.8. The van der Waals surface area contributed by atoms with E-state index in [2.05, 4.69) is 31.2 Å². The molecule has 0 amide bonds. The number of carbonyl (C=O) groups is 1. The maximum Gasteiger partial charge on any atom is 0.303 e. The van der Waals surface area contributed by atoms with E-state index in [0.29, 0.717) is 6.42 Å². The van der Waals surface area contributed by atoms with Crippen LogP contribution in [-0.2, 0) is 24.2 Å². The van der Waals surface area contributed by atoms with Crippen molar-refractivity contribution >= 4 is 5.97 Å². The lowest BCUT2D eigenvalue weighted by Crippen LogP contribution is -2.00. The van der Waals surface area contributed by atoms with E-state index in [1.54, 1.807) is 7.11 Å². The Balaban J connectivity index is 2.04. The van der Waals surface area contributed by atoms with Crippen molar-refractivity contribution in [2.24, 2.45) is 0 Å². The van der Waals surface area contributed by atoms with Crippen LogP contribution in [-0.4, -0.2) is 23.3 Å². The molecule has 0 saturated heterocycles. The first-order valence-electron chi connectivity index (χ1n) is 9.78. The lowest BCUT2D eigenvalue weighted by atomic mass is 9.90. The minimum atomic E-state index is -0.813. The van der Waals surface area contributed by atoms with Crippen molar-refractivity contribution in [1.82, 2.24) is 0 Å². The number of ether oxygens (including phenoxy) is 1. The van der Waals surface area contributed by atoms with Crippen molar-refractivity contribution < 1.29 is 19.7 Å². The van der Waals surface area contributed by atoms with Crippen molar-refractivity contribution in [3.8, 4) is 28.0 Å². The molecule has 0 unspecified atom stereocenters. The Morgan fingerprint density at radius 3 is 2.34 bits per heavy atom. The van der Waals surface area contributed by atoms with Gasteiger partial charge >= 0.3 is 5.97 Å². The summed E-state index contributed by atoms with van der Waals surface area (Å²) in [5, 5.41) is 18.5. The number of rotatable bonds is 8. The van der Waals surface area contributed by atoms with Crippen LogP contribution in [0.5, 0.6) is 5.75 Å². The molecule has 0 aliphatic heterocycles. The van der Waals surface area contributed by atoms with E-state index in [-0.39, 0.29) is 13.0 Å². The molecule has 150 valence electrons. The second-order valence-corrected chi connectivity index (χ2v) is 7.00. The van der Waals surface area contributed by atoms with Crippen LogP contribution >= 0.6 is 0 Å². The van der Waals surface area contributed by atoms with E-state index >= 15 is 0 Å². The molecule has 0 aliphatic rings. The molecule has 0 fully saturated rings. The molecule has 0 aromatic heterocycles. The number of carboxylic acids is 1. The summed E-state index contributed by atoms with van der Waals surface area (Å²) in [7, 11) is 1.61. The van der Waals surface area contributed by atoms with Crippen molar-refractivity contribution in [2.45, 2.75) is 32.8 Å². The van der Waals surface area contributed by atoms with Crippen molar-refractivity contribution in [3.63, 3.8) is 0 Å². The molecule has 4 heteroatoms. The van der Waals surface area contributed by atoms with Gasteiger partial charge in [-0.15, -0.1) is 0 Å². The third-order valence-corrected chi connectivity index (χ3v) is 5.14. The number of carboxylic acid groups (broad SMARTS) is 1. The second-order valence-electron chi connectivity index (χ2n) is 7.00. The minimum absolute atomic E-state index is 0.0200. The van der Waals surface area contributed by atoms with Crippen LogP contribution in [0.2, 0.25) is 0 Å². The monoisotopic (exact) mass is 390 g/mol. The molecule has 0 radical (unpaired) electrons. The summed E-state index contributed by atoms with van der Waals surface area (Å²) in [6, 6.07) is 20.1. The van der Waals surface area contributed by atoms with Crippen LogP contribution in [0.15, 0.2) is 60.7 Å². The number of aliphatic carboxylic acids is 1. The fourth-order valence-electron chi connectivity index (χ4n) is 3.60. The quantitative estimate of drug-likeness (QED) is 0.561. The SMILES string of the molecule is CCc1cc(-c2ccc(OC)cc2CCC(=O)O)ccc1-c1cccc(CO)c1. The van der Waals surface area contributed by atoms with Gasteiger partial charge in [0.15, 0.2) is 0 Å². The third-order valence-electron chi connectivity index (χ3n) is 5.14. The van der Waals surface area contributed by atoms with Crippen LogP contribution in [0.4, 0.5) is 0 Å². The molecular weight excluding hydrogens is 364 g/mol. The summed E-state index contributed by atoms with van der Waals surface area (Å²) in [6.45, 7) is 2.14. The smallest absolute Gasteiger partial charge is 0.303 e. The molecule has 0 atom stereocenters. The minimum Gasteiger partial charge on any atom is -0.497 e. The van der Waals surface area contributed by atoms with E-state index in [4.69, 9.17) is 9.84 Å². The summed E-state index contributed by atoms with van der Waals surface area (Å²) in [5.41, 5.74) is 7.37. The molecular formula is C25H26O4. The van der Waals surface area contributed by atoms with Crippen LogP contribution in [0, 0.1) is 0 Å². The molecule has 2 N–H and O–H groups in total. The molecule has 29 heavy (non-hydrogen) atoms. The average molecular weight is 390 g/mol. The zero-order chi connectivity index (χ0) is 20.8. The molecule has 0 bridgehead atoms. The normalized spacial score (nSPS) is 10.7. The number of hydrogen-bond donors (Lipinski definition) is 2. The van der Waals surface area contributed by atoms with Gasteiger partial charge in [-0.1, -0.05) is 49.4 Å². The number of methoxy groups -OCH3 is 1. The van der Waals surface area contributed by atoms with Crippen LogP contribution in [0.1, 0.15) is 30.0 Å². The highest BCUT2D eigenvalue weighted by molar-refractivity contribution is 5.76. The molecule has 3 aromatic rings. The Labute approximate surface area is 171 Å². The van der Waals surface area contributed by atoms with Gasteiger partial charge in [0, 0.05) is 6.42 Å². The van der Waals surface area contributed by atoms with Gasteiger partial charge in [-0.25, -0.2) is 0 Å². The highest BCUT2D eigenvalue weighted by Gasteiger charge is 2.12. The van der Waals surface area contributed by atoms with Crippen LogP contribution in [0.25, 0.3) is 22.3 Å². The number of aryl methyl sites for hydroxylation is 2. The highest BCUT2D eigenvalue weighted by Crippen LogP contribution is 2.33. The van der Waals surface area contributed by atoms with Gasteiger partial charge in [0.25, 0.3) is 0 Å². The Hall–Kier alpha value is -3.11. The molecule has 0 spiro atoms. The van der Waals surface area contributed by atoms with E-state index in [1.807, 2.05) is 36.4 Å². The molecule has 0 aliphatic carbocycles. The molecule has 3 rings (SSSR count). The van der Waals surface area contributed by atoms with Gasteiger partial charge in [-0.05, 0) is 70.0 Å². The predicted octanol–water partition coefficient (Wildman–Crippen LogP) is 5.10. The van der Waals surface area contributed by atoms with E-state index in [9.17, 15) is 9.90 Å². The predicted molar refractivity (Wildman–Crippen MR) is 115 cm³/mol. The van der Waals surface area contributed by atoms with Gasteiger partial charge in [0.05, 0.1) is 13.7 Å². The summed E-state index contributed by atoms with van der Waals surface area (Å²) < 4.78 is 5.33. The Bertz CT molecular complexity index is 1010. The fraction of sp³-hybridized carbons (Fsp3) is 0.240. The standard InChI is InChI=1S/C25H26O4/c1-3-18-14-20(7-10-23(18)19-6-4-5-17(13-19)16-26)24-11-9-22(29-2)15-21(24)8-12-25(27)28/h4-7,9-11,13-15,26H,3,8,12,16H2,1-2H3,(H,27,28). The summed E-state index contributed by atoms with van der Waals surface area (Å²) >= 11 is 0. The summed E-state index contributed by atoms with van der Waals surface area (Å²) in [5.74, 6) is -0.0885. The maximum absolute atomic E-state index is 11.1. The van der Waals surface area contributed by atoms with Gasteiger partial charge in [-0.2, -0.15) is 0 Å². The van der Waals surface area contributed by atoms with Crippen molar-refractivity contribution in [2.75, 3.05) is 7.11 Å². The number of hydrogen-bond acceptors (Lipinski definition) is 3. The number of aliphatic hydroxyl groups excluding tert-OH is 1. The Kier molecular flexibility index (Phi) is 6.68. The van der Waals surface area contributed by atoms with Gasteiger partial charge in [0.2, 0.25) is 0 Å². The zero-order valence-corrected chi connectivity index (χ0v) is 16.8. The molecule has 0 heterocycles. The Morgan fingerprint density at radius 2 is 1.66 bits per heavy atom. The first-order chi connectivity index (χ1) is 14.0. The lowest BCUT2D eigenvalue weighted by Gasteiger charge is -2.15. The van der Waals surface area contributed by atoms with E-state index in [0.717, 1.165) is 45.6 Å². The average Bonchev–Trinajstić information content (AvgIpc) is 2.77. The number of benzene rings is 3. The van der Waals surface area contributed by atoms with Gasteiger partial charge in [-0.3, -0.25) is 4.79 Å². The molecule has 3 aromatic carbocycles. The van der Waals surface area contributed by atoms with Crippen molar-refractivity contribution in [1.29, 1.82) is 0 Å². The van der Waals surface area contributed by atoms with E-state index in [1.165, 1.54) is 5.56 Å². The first-order valence-corrected chi connectivity index (χ1v) is 9.78. The Morgan fingerprint density at radius 1 is 0.931 bits per heavy atom. The number of aliphatic hydroxyl groups is 1. The highest BCUT2D eigenvalue weighted by atomic mass is 16.5. The van der Waals surface area contributed by atoms with Crippen LogP contribution in [0.3, 0.4) is 0 Å².